The van der Waals surface area contributed by atoms with Gasteiger partial charge in [0, 0.05) is 33.1 Å². The zero-order chi connectivity index (χ0) is 18.5. The molecular weight excluding hydrogens is 364 g/mol. The summed E-state index contributed by atoms with van der Waals surface area (Å²) in [6, 6.07) is 22.7. The van der Waals surface area contributed by atoms with Crippen molar-refractivity contribution in [3.05, 3.63) is 83.7 Å². The van der Waals surface area contributed by atoms with Crippen LogP contribution in [0.1, 0.15) is 0 Å². The average molecular weight is 378 g/mol. The first kappa shape index (κ1) is 15.5. The first-order chi connectivity index (χ1) is 13.9. The van der Waals surface area contributed by atoms with E-state index < -0.39 is 0 Å². The van der Waals surface area contributed by atoms with Gasteiger partial charge in [-0.05, 0) is 24.3 Å². The molecule has 0 aliphatic carbocycles. The topological polar surface area (TPSA) is 43.6 Å². The van der Waals surface area contributed by atoms with Crippen LogP contribution in [0, 0.1) is 0 Å². The maximum absolute atomic E-state index is 4.98. The Hall–Kier alpha value is -3.57. The summed E-state index contributed by atoms with van der Waals surface area (Å²) in [5.74, 6) is 0.670. The van der Waals surface area contributed by atoms with Gasteiger partial charge in [0.1, 0.15) is 5.69 Å². The van der Waals surface area contributed by atoms with Crippen molar-refractivity contribution in [1.82, 2.24) is 19.5 Å². The lowest BCUT2D eigenvalue weighted by molar-refractivity contribution is 1.01. The third kappa shape index (κ3) is 2.20. The van der Waals surface area contributed by atoms with Gasteiger partial charge >= 0.3 is 0 Å². The number of rotatable bonds is 2. The molecule has 0 bridgehead atoms. The Morgan fingerprint density at radius 2 is 1.39 bits per heavy atom. The van der Waals surface area contributed by atoms with Gasteiger partial charge in [0.05, 0.1) is 22.2 Å². The predicted octanol–water partition coefficient (Wildman–Crippen LogP) is 5.85. The largest absolute Gasteiger partial charge is 0.278 e. The molecule has 4 heterocycles. The van der Waals surface area contributed by atoms with Gasteiger partial charge in [-0.25, -0.2) is 9.97 Å². The number of hydrogen-bond donors (Lipinski definition) is 0. The first-order valence-electron chi connectivity index (χ1n) is 9.04. The van der Waals surface area contributed by atoms with Crippen LogP contribution in [0.15, 0.2) is 83.7 Å². The normalized spacial score (nSPS) is 11.6. The minimum Gasteiger partial charge on any atom is -0.278 e. The third-order valence-electron chi connectivity index (χ3n) is 5.02. The van der Waals surface area contributed by atoms with Gasteiger partial charge < -0.3 is 0 Å². The summed E-state index contributed by atoms with van der Waals surface area (Å²) in [4.78, 5) is 14.4. The second-order valence-electron chi connectivity index (χ2n) is 6.63. The summed E-state index contributed by atoms with van der Waals surface area (Å²) < 4.78 is 2.15. The van der Waals surface area contributed by atoms with Crippen LogP contribution in [0.25, 0.3) is 50.0 Å². The Morgan fingerprint density at radius 3 is 2.11 bits per heavy atom. The van der Waals surface area contributed by atoms with Crippen molar-refractivity contribution in [2.24, 2.45) is 0 Å². The van der Waals surface area contributed by atoms with Gasteiger partial charge in [-0.15, -0.1) is 11.3 Å². The molecule has 0 unspecified atom stereocenters. The standard InChI is InChI=1S/C23H14N4S/c1-3-10-20-15(7-1)16-8-2-4-11-21(16)27(20)23-25-19-14-28-13-17(19)22(26-23)18-9-5-6-12-24-18/h1-14H. The van der Waals surface area contributed by atoms with E-state index >= 15 is 0 Å². The molecule has 4 aromatic heterocycles. The Kier molecular flexibility index (Phi) is 3.30. The van der Waals surface area contributed by atoms with Crippen LogP contribution < -0.4 is 0 Å². The van der Waals surface area contributed by atoms with E-state index in [1.165, 1.54) is 10.8 Å². The minimum atomic E-state index is 0.670. The highest BCUT2D eigenvalue weighted by atomic mass is 32.1. The molecule has 0 spiro atoms. The minimum absolute atomic E-state index is 0.670. The lowest BCUT2D eigenvalue weighted by atomic mass is 10.2. The van der Waals surface area contributed by atoms with E-state index in [2.05, 4.69) is 68.8 Å². The number of thiophene rings is 1. The van der Waals surface area contributed by atoms with Crippen LogP contribution in [0.3, 0.4) is 0 Å². The average Bonchev–Trinajstić information content (AvgIpc) is 3.36. The summed E-state index contributed by atoms with van der Waals surface area (Å²) in [7, 11) is 0. The van der Waals surface area contributed by atoms with Gasteiger partial charge in [-0.2, -0.15) is 0 Å². The Morgan fingerprint density at radius 1 is 0.679 bits per heavy atom. The van der Waals surface area contributed by atoms with Gasteiger partial charge in [0.15, 0.2) is 0 Å². The molecule has 2 aromatic carbocycles. The smallest absolute Gasteiger partial charge is 0.235 e. The maximum Gasteiger partial charge on any atom is 0.235 e. The lowest BCUT2D eigenvalue weighted by Gasteiger charge is -2.09. The number of benzene rings is 2. The second kappa shape index (κ2) is 5.97. The molecule has 28 heavy (non-hydrogen) atoms. The van der Waals surface area contributed by atoms with Crippen molar-refractivity contribution in [2.45, 2.75) is 0 Å². The van der Waals surface area contributed by atoms with E-state index in [9.17, 15) is 0 Å². The van der Waals surface area contributed by atoms with Crippen LogP contribution in [0.4, 0.5) is 0 Å². The summed E-state index contributed by atoms with van der Waals surface area (Å²) in [5, 5.41) is 7.60. The lowest BCUT2D eigenvalue weighted by Crippen LogP contribution is -2.03. The summed E-state index contributed by atoms with van der Waals surface area (Å²) in [6.07, 6.45) is 1.80. The fourth-order valence-electron chi connectivity index (χ4n) is 3.78. The first-order valence-corrected chi connectivity index (χ1v) is 9.98. The Balaban J connectivity index is 1.74. The number of aromatic nitrogens is 4. The molecule has 132 valence electrons. The van der Waals surface area contributed by atoms with Crippen LogP contribution in [-0.4, -0.2) is 19.5 Å². The number of para-hydroxylation sites is 2. The van der Waals surface area contributed by atoms with Crippen LogP contribution in [0.5, 0.6) is 0 Å². The monoisotopic (exact) mass is 378 g/mol. The van der Waals surface area contributed by atoms with Gasteiger partial charge in [-0.1, -0.05) is 42.5 Å². The molecule has 6 rings (SSSR count). The van der Waals surface area contributed by atoms with Crippen molar-refractivity contribution in [2.75, 3.05) is 0 Å². The maximum atomic E-state index is 4.98. The molecule has 0 aliphatic rings. The van der Waals surface area contributed by atoms with Crippen molar-refractivity contribution in [1.29, 1.82) is 0 Å². The van der Waals surface area contributed by atoms with Gasteiger partial charge in [0.2, 0.25) is 5.95 Å². The van der Waals surface area contributed by atoms with Gasteiger partial charge in [0.25, 0.3) is 0 Å². The van der Waals surface area contributed by atoms with E-state index in [-0.39, 0.29) is 0 Å². The molecule has 5 heteroatoms. The second-order valence-corrected chi connectivity index (χ2v) is 7.37. The number of fused-ring (bicyclic) bond motifs is 4. The summed E-state index contributed by atoms with van der Waals surface area (Å²) in [6.45, 7) is 0. The number of pyridine rings is 1. The fourth-order valence-corrected chi connectivity index (χ4v) is 4.53. The molecule has 0 fully saturated rings. The molecule has 4 nitrogen and oxygen atoms in total. The van der Waals surface area contributed by atoms with E-state index in [0.717, 1.165) is 33.3 Å². The molecule has 0 amide bonds. The molecule has 6 aromatic rings. The van der Waals surface area contributed by atoms with Gasteiger partial charge in [-0.3, -0.25) is 9.55 Å². The van der Waals surface area contributed by atoms with Crippen molar-refractivity contribution >= 4 is 44.0 Å². The van der Waals surface area contributed by atoms with Crippen molar-refractivity contribution in [3.63, 3.8) is 0 Å². The van der Waals surface area contributed by atoms with E-state index in [1.54, 1.807) is 17.5 Å². The quantitative estimate of drug-likeness (QED) is 0.379. The van der Waals surface area contributed by atoms with Crippen LogP contribution in [0.2, 0.25) is 0 Å². The van der Waals surface area contributed by atoms with E-state index in [0.29, 0.717) is 5.95 Å². The van der Waals surface area contributed by atoms with E-state index in [1.807, 2.05) is 18.2 Å². The highest BCUT2D eigenvalue weighted by Gasteiger charge is 2.17. The molecule has 0 N–H and O–H groups in total. The Bertz CT molecular complexity index is 1410. The SMILES string of the molecule is c1ccc(-c2nc(-n3c4ccccc4c4ccccc43)nc3cscc23)nc1. The molecule has 0 aliphatic heterocycles. The van der Waals surface area contributed by atoms with Crippen molar-refractivity contribution in [3.8, 4) is 17.3 Å². The zero-order valence-corrected chi connectivity index (χ0v) is 15.6. The van der Waals surface area contributed by atoms with Crippen LogP contribution >= 0.6 is 11.3 Å². The molecular formula is C23H14N4S. The molecule has 0 atom stereocenters. The summed E-state index contributed by atoms with van der Waals surface area (Å²) in [5.41, 5.74) is 4.87. The predicted molar refractivity (Wildman–Crippen MR) is 115 cm³/mol. The molecule has 0 saturated carbocycles. The number of hydrogen-bond acceptors (Lipinski definition) is 4. The summed E-state index contributed by atoms with van der Waals surface area (Å²) >= 11 is 1.64. The number of nitrogens with zero attached hydrogens (tertiary/aromatic N) is 4. The highest BCUT2D eigenvalue weighted by Crippen LogP contribution is 2.33. The van der Waals surface area contributed by atoms with Crippen molar-refractivity contribution < 1.29 is 0 Å². The fraction of sp³-hybridized carbons (Fsp3) is 0. The zero-order valence-electron chi connectivity index (χ0n) is 14.8. The molecule has 0 radical (unpaired) electrons. The third-order valence-corrected chi connectivity index (χ3v) is 5.75. The van der Waals surface area contributed by atoms with Crippen LogP contribution in [-0.2, 0) is 0 Å². The molecule has 0 saturated heterocycles. The highest BCUT2D eigenvalue weighted by molar-refractivity contribution is 7.09. The Labute approximate surface area is 164 Å². The van der Waals surface area contributed by atoms with E-state index in [4.69, 9.17) is 9.97 Å².